The Labute approximate surface area is 96.5 Å². The summed E-state index contributed by atoms with van der Waals surface area (Å²) in [7, 11) is 0. The van der Waals surface area contributed by atoms with Crippen LogP contribution in [0.4, 0.5) is 5.82 Å². The van der Waals surface area contributed by atoms with E-state index in [1.54, 1.807) is 0 Å². The Bertz CT molecular complexity index is 363. The number of fused-ring (bicyclic) bond motifs is 2. The highest BCUT2D eigenvalue weighted by Crippen LogP contribution is 2.53. The van der Waals surface area contributed by atoms with E-state index in [4.69, 9.17) is 10.3 Å². The van der Waals surface area contributed by atoms with Crippen molar-refractivity contribution in [3.63, 3.8) is 0 Å². The smallest absolute Gasteiger partial charge is 0.180 e. The van der Waals surface area contributed by atoms with Gasteiger partial charge in [-0.25, -0.2) is 0 Å². The fraction of sp³-hybridized carbons (Fsp3) is 0.700. The van der Waals surface area contributed by atoms with Crippen molar-refractivity contribution in [3.05, 3.63) is 9.33 Å². The minimum Gasteiger partial charge on any atom is -0.380 e. The van der Waals surface area contributed by atoms with Crippen LogP contribution in [0.15, 0.2) is 4.52 Å². The lowest BCUT2D eigenvalue weighted by atomic mass is 9.87. The summed E-state index contributed by atoms with van der Waals surface area (Å²) >= 11 is 2.25. The summed E-state index contributed by atoms with van der Waals surface area (Å²) in [6.45, 7) is 0. The predicted octanol–water partition coefficient (Wildman–Crippen LogP) is 2.77. The topological polar surface area (TPSA) is 52.0 Å². The van der Waals surface area contributed by atoms with Crippen LogP contribution in [0.3, 0.4) is 0 Å². The number of aromatic nitrogens is 1. The van der Waals surface area contributed by atoms with E-state index >= 15 is 0 Å². The summed E-state index contributed by atoms with van der Waals surface area (Å²) in [5.74, 6) is 3.98. The largest absolute Gasteiger partial charge is 0.380 e. The normalized spacial score (nSPS) is 35.4. The molecule has 0 amide bonds. The molecule has 0 aromatic carbocycles. The van der Waals surface area contributed by atoms with Gasteiger partial charge in [-0.05, 0) is 53.7 Å². The molecule has 0 radical (unpaired) electrons. The first-order chi connectivity index (χ1) is 6.75. The van der Waals surface area contributed by atoms with Gasteiger partial charge in [-0.2, -0.15) is 0 Å². The van der Waals surface area contributed by atoms with Crippen LogP contribution < -0.4 is 5.73 Å². The SMILES string of the molecule is Nc1noc(C2CC3CCC2C3)c1I. The molecule has 1 aromatic heterocycles. The second kappa shape index (κ2) is 3.12. The number of hydrogen-bond donors (Lipinski definition) is 1. The van der Waals surface area contributed by atoms with Gasteiger partial charge in [0.2, 0.25) is 0 Å². The Balaban J connectivity index is 1.93. The van der Waals surface area contributed by atoms with Crippen molar-refractivity contribution in [2.75, 3.05) is 5.73 Å². The molecule has 2 N–H and O–H groups in total. The number of nitrogen functional groups attached to an aromatic ring is 1. The zero-order chi connectivity index (χ0) is 9.71. The second-order valence-electron chi connectivity index (χ2n) is 4.53. The molecule has 2 aliphatic rings. The first-order valence-corrected chi connectivity index (χ1v) is 6.24. The van der Waals surface area contributed by atoms with Gasteiger partial charge in [0.15, 0.2) is 11.6 Å². The third-order valence-electron chi connectivity index (χ3n) is 3.76. The summed E-state index contributed by atoms with van der Waals surface area (Å²) in [5.41, 5.74) is 5.69. The molecule has 2 fully saturated rings. The zero-order valence-electron chi connectivity index (χ0n) is 7.87. The summed E-state index contributed by atoms with van der Waals surface area (Å²) in [6.07, 6.45) is 5.46. The number of halogens is 1. The van der Waals surface area contributed by atoms with Gasteiger partial charge < -0.3 is 10.3 Å². The Hall–Kier alpha value is -0.260. The van der Waals surface area contributed by atoms with E-state index in [0.29, 0.717) is 11.7 Å². The first kappa shape index (κ1) is 9.00. The maximum Gasteiger partial charge on any atom is 0.180 e. The molecule has 1 aromatic rings. The minimum atomic E-state index is 0.559. The summed E-state index contributed by atoms with van der Waals surface area (Å²) < 4.78 is 6.39. The molecule has 0 spiro atoms. The lowest BCUT2D eigenvalue weighted by Gasteiger charge is -2.18. The summed E-state index contributed by atoms with van der Waals surface area (Å²) in [5, 5.41) is 3.84. The van der Waals surface area contributed by atoms with E-state index in [1.807, 2.05) is 0 Å². The average Bonchev–Trinajstić information content (AvgIpc) is 2.84. The Morgan fingerprint density at radius 2 is 2.21 bits per heavy atom. The molecule has 14 heavy (non-hydrogen) atoms. The predicted molar refractivity (Wildman–Crippen MR) is 61.8 cm³/mol. The Kier molecular flexibility index (Phi) is 2.00. The summed E-state index contributed by atoms with van der Waals surface area (Å²) in [6, 6.07) is 0. The number of nitrogens with zero attached hydrogens (tertiary/aromatic N) is 1. The Morgan fingerprint density at radius 1 is 1.36 bits per heavy atom. The zero-order valence-corrected chi connectivity index (χ0v) is 10.0. The van der Waals surface area contributed by atoms with Crippen molar-refractivity contribution in [1.29, 1.82) is 0 Å². The third kappa shape index (κ3) is 1.19. The number of anilines is 1. The van der Waals surface area contributed by atoms with Crippen LogP contribution in [0.1, 0.15) is 37.4 Å². The molecule has 0 aliphatic heterocycles. The third-order valence-corrected chi connectivity index (χ3v) is 4.84. The molecule has 4 heteroatoms. The Morgan fingerprint density at radius 3 is 2.71 bits per heavy atom. The van der Waals surface area contributed by atoms with Crippen LogP contribution in [-0.4, -0.2) is 5.16 Å². The van der Waals surface area contributed by atoms with Gasteiger partial charge in [-0.3, -0.25) is 0 Å². The molecule has 2 aliphatic carbocycles. The van der Waals surface area contributed by atoms with Crippen LogP contribution in [0.25, 0.3) is 0 Å². The maximum absolute atomic E-state index is 5.69. The van der Waals surface area contributed by atoms with Gasteiger partial charge in [-0.1, -0.05) is 11.6 Å². The lowest BCUT2D eigenvalue weighted by Crippen LogP contribution is -2.08. The van der Waals surface area contributed by atoms with Gasteiger partial charge in [0, 0.05) is 5.92 Å². The highest BCUT2D eigenvalue weighted by Gasteiger charge is 2.43. The highest BCUT2D eigenvalue weighted by atomic mass is 127. The van der Waals surface area contributed by atoms with Gasteiger partial charge in [0.05, 0.1) is 3.57 Å². The quantitative estimate of drug-likeness (QED) is 0.812. The van der Waals surface area contributed by atoms with Crippen LogP contribution in [0.2, 0.25) is 0 Å². The molecular weight excluding hydrogens is 291 g/mol. The van der Waals surface area contributed by atoms with Crippen LogP contribution in [-0.2, 0) is 0 Å². The molecule has 1 heterocycles. The van der Waals surface area contributed by atoms with E-state index in [2.05, 4.69) is 27.7 Å². The molecular formula is C10H13IN2O. The monoisotopic (exact) mass is 304 g/mol. The standard InChI is InChI=1S/C10H13IN2O/c11-8-9(14-13-10(8)12)7-4-5-1-2-6(7)3-5/h5-7H,1-4H2,(H2,12,13). The number of rotatable bonds is 1. The fourth-order valence-corrected chi connectivity index (χ4v) is 3.70. The van der Waals surface area contributed by atoms with Crippen LogP contribution >= 0.6 is 22.6 Å². The maximum atomic E-state index is 5.69. The van der Waals surface area contributed by atoms with Crippen molar-refractivity contribution >= 4 is 28.4 Å². The molecule has 2 saturated carbocycles. The molecule has 3 rings (SSSR count). The van der Waals surface area contributed by atoms with E-state index in [0.717, 1.165) is 21.2 Å². The van der Waals surface area contributed by atoms with E-state index < -0.39 is 0 Å². The van der Waals surface area contributed by atoms with Crippen molar-refractivity contribution in [2.45, 2.75) is 31.6 Å². The molecule has 76 valence electrons. The molecule has 3 atom stereocenters. The average molecular weight is 304 g/mol. The lowest BCUT2D eigenvalue weighted by molar-refractivity contribution is 0.309. The minimum absolute atomic E-state index is 0.559. The summed E-state index contributed by atoms with van der Waals surface area (Å²) in [4.78, 5) is 0. The van der Waals surface area contributed by atoms with Gasteiger partial charge in [0.1, 0.15) is 0 Å². The van der Waals surface area contributed by atoms with Gasteiger partial charge in [0.25, 0.3) is 0 Å². The van der Waals surface area contributed by atoms with Crippen molar-refractivity contribution in [2.24, 2.45) is 11.8 Å². The fourth-order valence-electron chi connectivity index (χ4n) is 3.10. The van der Waals surface area contributed by atoms with Crippen LogP contribution in [0, 0.1) is 15.4 Å². The van der Waals surface area contributed by atoms with Gasteiger partial charge >= 0.3 is 0 Å². The van der Waals surface area contributed by atoms with E-state index in [-0.39, 0.29) is 0 Å². The molecule has 3 nitrogen and oxygen atoms in total. The highest BCUT2D eigenvalue weighted by molar-refractivity contribution is 14.1. The number of nitrogens with two attached hydrogens (primary N) is 1. The van der Waals surface area contributed by atoms with Crippen molar-refractivity contribution in [3.8, 4) is 0 Å². The molecule has 0 saturated heterocycles. The molecule has 2 bridgehead atoms. The second-order valence-corrected chi connectivity index (χ2v) is 5.61. The van der Waals surface area contributed by atoms with Crippen molar-refractivity contribution in [1.82, 2.24) is 5.16 Å². The van der Waals surface area contributed by atoms with E-state index in [1.165, 1.54) is 25.7 Å². The van der Waals surface area contributed by atoms with E-state index in [9.17, 15) is 0 Å². The molecule has 3 unspecified atom stereocenters. The van der Waals surface area contributed by atoms with Crippen molar-refractivity contribution < 1.29 is 4.52 Å². The number of hydrogen-bond acceptors (Lipinski definition) is 3. The first-order valence-electron chi connectivity index (χ1n) is 5.16. The van der Waals surface area contributed by atoms with Crippen LogP contribution in [0.5, 0.6) is 0 Å². The van der Waals surface area contributed by atoms with Gasteiger partial charge in [-0.15, -0.1) is 0 Å².